The van der Waals surface area contributed by atoms with Crippen LogP contribution in [-0.4, -0.2) is 39.6 Å². The van der Waals surface area contributed by atoms with Gasteiger partial charge in [0.1, 0.15) is 5.76 Å². The van der Waals surface area contributed by atoms with E-state index < -0.39 is 5.97 Å². The molecule has 1 aromatic rings. The van der Waals surface area contributed by atoms with E-state index in [1.165, 1.54) is 0 Å². The Labute approximate surface area is 118 Å². The number of aliphatic carboxylic acids is 1. The highest BCUT2D eigenvalue weighted by atomic mass is 16.5. The third-order valence-electron chi connectivity index (χ3n) is 3.43. The Kier molecular flexibility index (Phi) is 5.73. The summed E-state index contributed by atoms with van der Waals surface area (Å²) in [6.07, 6.45) is 0.863. The molecule has 1 rings (SSSR count). The molecule has 1 amide bonds. The molecular weight excluding hydrogens is 260 g/mol. The van der Waals surface area contributed by atoms with Gasteiger partial charge in [-0.3, -0.25) is 9.59 Å². The molecule has 0 aromatic carbocycles. The lowest BCUT2D eigenvalue weighted by Crippen LogP contribution is -2.39. The van der Waals surface area contributed by atoms with Crippen LogP contribution in [0, 0.1) is 13.8 Å². The molecule has 0 aliphatic heterocycles. The number of amides is 1. The van der Waals surface area contributed by atoms with Crippen LogP contribution in [0.15, 0.2) is 4.52 Å². The molecule has 1 atom stereocenters. The van der Waals surface area contributed by atoms with Crippen LogP contribution in [0.3, 0.4) is 0 Å². The number of hydrogen-bond donors (Lipinski definition) is 1. The van der Waals surface area contributed by atoms with Gasteiger partial charge in [0.2, 0.25) is 5.91 Å². The van der Waals surface area contributed by atoms with Crippen LogP contribution >= 0.6 is 0 Å². The molecule has 20 heavy (non-hydrogen) atoms. The van der Waals surface area contributed by atoms with Gasteiger partial charge < -0.3 is 14.5 Å². The predicted molar refractivity (Wildman–Crippen MR) is 73.4 cm³/mol. The molecule has 1 N–H and O–H groups in total. The number of hydrogen-bond acceptors (Lipinski definition) is 4. The summed E-state index contributed by atoms with van der Waals surface area (Å²) in [7, 11) is 0. The van der Waals surface area contributed by atoms with Crippen LogP contribution in [0.25, 0.3) is 0 Å². The van der Waals surface area contributed by atoms with Crippen molar-refractivity contribution < 1.29 is 19.2 Å². The highest BCUT2D eigenvalue weighted by Gasteiger charge is 2.21. The highest BCUT2D eigenvalue weighted by Crippen LogP contribution is 2.16. The zero-order chi connectivity index (χ0) is 15.3. The van der Waals surface area contributed by atoms with Gasteiger partial charge in [0.15, 0.2) is 0 Å². The van der Waals surface area contributed by atoms with Crippen molar-refractivity contribution in [1.82, 2.24) is 10.1 Å². The normalized spacial score (nSPS) is 12.2. The number of carbonyl (C=O) groups is 2. The van der Waals surface area contributed by atoms with Crippen LogP contribution < -0.4 is 0 Å². The van der Waals surface area contributed by atoms with Crippen LogP contribution in [0.5, 0.6) is 0 Å². The first-order valence-electron chi connectivity index (χ1n) is 6.79. The maximum Gasteiger partial charge on any atom is 0.305 e. The topological polar surface area (TPSA) is 83.6 Å². The van der Waals surface area contributed by atoms with E-state index in [0.717, 1.165) is 17.0 Å². The number of rotatable bonds is 7. The first-order valence-corrected chi connectivity index (χ1v) is 6.79. The summed E-state index contributed by atoms with van der Waals surface area (Å²) in [5, 5.41) is 12.7. The molecule has 112 valence electrons. The first kappa shape index (κ1) is 16.2. The van der Waals surface area contributed by atoms with E-state index in [1.54, 1.807) is 11.8 Å². The Bertz CT molecular complexity index is 462. The van der Waals surface area contributed by atoms with Gasteiger partial charge in [0, 0.05) is 24.6 Å². The van der Waals surface area contributed by atoms with Crippen molar-refractivity contribution in [2.75, 3.05) is 6.54 Å². The van der Waals surface area contributed by atoms with Crippen molar-refractivity contribution in [1.29, 1.82) is 0 Å². The van der Waals surface area contributed by atoms with Crippen molar-refractivity contribution in [3.8, 4) is 0 Å². The second kappa shape index (κ2) is 7.07. The van der Waals surface area contributed by atoms with E-state index in [9.17, 15) is 9.59 Å². The predicted octanol–water partition coefficient (Wildman–Crippen LogP) is 1.94. The van der Waals surface area contributed by atoms with Crippen LogP contribution in [0.1, 0.15) is 43.7 Å². The van der Waals surface area contributed by atoms with Gasteiger partial charge in [0.25, 0.3) is 0 Å². The third kappa shape index (κ3) is 4.08. The van der Waals surface area contributed by atoms with Crippen LogP contribution in [-0.2, 0) is 16.0 Å². The molecule has 0 aliphatic carbocycles. The zero-order valence-electron chi connectivity index (χ0n) is 12.5. The minimum atomic E-state index is -0.894. The summed E-state index contributed by atoms with van der Waals surface area (Å²) in [5.41, 5.74) is 1.76. The maximum atomic E-state index is 12.2. The number of carboxylic acids is 1. The second-order valence-corrected chi connectivity index (χ2v) is 4.93. The summed E-state index contributed by atoms with van der Waals surface area (Å²) >= 11 is 0. The smallest absolute Gasteiger partial charge is 0.305 e. The molecule has 0 aliphatic rings. The molecule has 1 unspecified atom stereocenters. The summed E-state index contributed by atoms with van der Waals surface area (Å²) in [5.74, 6) is -0.201. The van der Waals surface area contributed by atoms with Gasteiger partial charge in [-0.15, -0.1) is 0 Å². The van der Waals surface area contributed by atoms with Crippen molar-refractivity contribution in [3.63, 3.8) is 0 Å². The van der Waals surface area contributed by atoms with Crippen LogP contribution in [0.2, 0.25) is 0 Å². The molecule has 1 heterocycles. The van der Waals surface area contributed by atoms with Gasteiger partial charge in [-0.2, -0.15) is 0 Å². The molecule has 0 saturated heterocycles. The summed E-state index contributed by atoms with van der Waals surface area (Å²) < 4.78 is 5.06. The van der Waals surface area contributed by atoms with Gasteiger partial charge in [-0.25, -0.2) is 0 Å². The number of carbonyl (C=O) groups excluding carboxylic acids is 1. The zero-order valence-corrected chi connectivity index (χ0v) is 12.5. The van der Waals surface area contributed by atoms with Crippen molar-refractivity contribution in [2.45, 2.75) is 53.0 Å². The standard InChI is InChI=1S/C14H22N2O4/c1-5-16(9(2)8-14(18)19)13(17)7-6-12-10(3)15-20-11(12)4/h9H,5-8H2,1-4H3,(H,18,19). The number of aromatic nitrogens is 1. The number of nitrogens with zero attached hydrogens (tertiary/aromatic N) is 2. The SMILES string of the molecule is CCN(C(=O)CCc1c(C)noc1C)C(C)CC(=O)O. The molecular formula is C14H22N2O4. The first-order chi connectivity index (χ1) is 9.36. The van der Waals surface area contributed by atoms with E-state index in [1.807, 2.05) is 20.8 Å². The van der Waals surface area contributed by atoms with Crippen molar-refractivity contribution in [3.05, 3.63) is 17.0 Å². The quantitative estimate of drug-likeness (QED) is 0.826. The Balaban J connectivity index is 2.62. The Morgan fingerprint density at radius 1 is 1.40 bits per heavy atom. The van der Waals surface area contributed by atoms with Crippen molar-refractivity contribution in [2.24, 2.45) is 0 Å². The van der Waals surface area contributed by atoms with Gasteiger partial charge in [0.05, 0.1) is 12.1 Å². The van der Waals surface area contributed by atoms with E-state index in [-0.39, 0.29) is 18.4 Å². The fourth-order valence-electron chi connectivity index (χ4n) is 2.33. The van der Waals surface area contributed by atoms with E-state index >= 15 is 0 Å². The lowest BCUT2D eigenvalue weighted by Gasteiger charge is -2.27. The minimum absolute atomic E-state index is 0.0368. The van der Waals surface area contributed by atoms with Gasteiger partial charge in [-0.05, 0) is 34.1 Å². The Morgan fingerprint density at radius 2 is 2.05 bits per heavy atom. The van der Waals surface area contributed by atoms with Crippen LogP contribution in [0.4, 0.5) is 0 Å². The fraction of sp³-hybridized carbons (Fsp3) is 0.643. The molecule has 6 heteroatoms. The van der Waals surface area contributed by atoms with E-state index in [0.29, 0.717) is 19.4 Å². The highest BCUT2D eigenvalue weighted by molar-refractivity contribution is 5.77. The molecule has 0 fully saturated rings. The summed E-state index contributed by atoms with van der Waals surface area (Å²) in [4.78, 5) is 24.5. The molecule has 1 aromatic heterocycles. The molecule has 0 radical (unpaired) electrons. The number of aryl methyl sites for hydroxylation is 2. The molecule has 0 saturated carbocycles. The Morgan fingerprint density at radius 3 is 2.50 bits per heavy atom. The van der Waals surface area contributed by atoms with Gasteiger partial charge >= 0.3 is 5.97 Å². The lowest BCUT2D eigenvalue weighted by atomic mass is 10.1. The summed E-state index contributed by atoms with van der Waals surface area (Å²) in [6.45, 7) is 7.79. The minimum Gasteiger partial charge on any atom is -0.481 e. The Hall–Kier alpha value is -1.85. The average molecular weight is 282 g/mol. The van der Waals surface area contributed by atoms with Crippen molar-refractivity contribution >= 4 is 11.9 Å². The molecule has 6 nitrogen and oxygen atoms in total. The molecule has 0 spiro atoms. The van der Waals surface area contributed by atoms with Gasteiger partial charge in [-0.1, -0.05) is 5.16 Å². The van der Waals surface area contributed by atoms with E-state index in [2.05, 4.69) is 5.16 Å². The summed E-state index contributed by atoms with van der Waals surface area (Å²) in [6, 6.07) is -0.297. The van der Waals surface area contributed by atoms with E-state index in [4.69, 9.17) is 9.63 Å². The second-order valence-electron chi connectivity index (χ2n) is 4.93. The largest absolute Gasteiger partial charge is 0.481 e. The molecule has 0 bridgehead atoms. The monoisotopic (exact) mass is 282 g/mol. The number of carboxylic acid groups (broad SMARTS) is 1. The third-order valence-corrected chi connectivity index (χ3v) is 3.43. The fourth-order valence-corrected chi connectivity index (χ4v) is 2.33. The average Bonchev–Trinajstić information content (AvgIpc) is 2.66. The lowest BCUT2D eigenvalue weighted by molar-refractivity contribution is -0.140. The maximum absolute atomic E-state index is 12.2.